The summed E-state index contributed by atoms with van der Waals surface area (Å²) in [5, 5.41) is 9.96. The average Bonchev–Trinajstić information content (AvgIpc) is 2.79. The van der Waals surface area contributed by atoms with Crippen molar-refractivity contribution in [3.8, 4) is 0 Å². The molecule has 0 radical (unpaired) electrons. The summed E-state index contributed by atoms with van der Waals surface area (Å²) in [7, 11) is 0. The van der Waals surface area contributed by atoms with Crippen molar-refractivity contribution in [3.63, 3.8) is 0 Å². The number of aliphatic hydroxyl groups is 1. The van der Waals surface area contributed by atoms with Crippen LogP contribution in [0.15, 0.2) is 24.4 Å². The highest BCUT2D eigenvalue weighted by molar-refractivity contribution is 5.89. The van der Waals surface area contributed by atoms with Crippen LogP contribution in [-0.4, -0.2) is 22.7 Å². The Labute approximate surface area is 112 Å². The van der Waals surface area contributed by atoms with Gasteiger partial charge in [0.15, 0.2) is 6.10 Å². The van der Waals surface area contributed by atoms with E-state index in [1.54, 1.807) is 6.92 Å². The van der Waals surface area contributed by atoms with Crippen molar-refractivity contribution in [2.45, 2.75) is 19.2 Å². The highest BCUT2D eigenvalue weighted by Gasteiger charge is 2.31. The van der Waals surface area contributed by atoms with Crippen LogP contribution < -0.4 is 0 Å². The van der Waals surface area contributed by atoms with Gasteiger partial charge in [-0.05, 0) is 25.1 Å². The number of nitrogens with one attached hydrogen (secondary N) is 1. The maximum atomic E-state index is 12.7. The number of carbonyl (C=O) groups excluding carboxylic acids is 1. The molecule has 0 saturated carbocycles. The Morgan fingerprint density at radius 2 is 2.15 bits per heavy atom. The first-order chi connectivity index (χ1) is 9.34. The Balaban J connectivity index is 2.47. The molecule has 1 heterocycles. The summed E-state index contributed by atoms with van der Waals surface area (Å²) in [6.07, 6.45) is -4.81. The number of aromatic nitrogens is 1. The van der Waals surface area contributed by atoms with Crippen molar-refractivity contribution in [3.05, 3.63) is 35.5 Å². The lowest BCUT2D eigenvalue weighted by Crippen LogP contribution is -2.15. The molecule has 1 aromatic carbocycles. The largest absolute Gasteiger partial charge is 0.464 e. The molecule has 2 rings (SSSR count). The predicted molar refractivity (Wildman–Crippen MR) is 64.9 cm³/mol. The second-order valence-corrected chi connectivity index (χ2v) is 4.16. The SMILES string of the molecule is CCOC(=O)C(O)c1c[nH]c2ccc(C(F)(F)F)cc12. The van der Waals surface area contributed by atoms with Gasteiger partial charge in [0.2, 0.25) is 0 Å². The van der Waals surface area contributed by atoms with E-state index in [0.717, 1.165) is 12.1 Å². The number of hydrogen-bond donors (Lipinski definition) is 2. The standard InChI is InChI=1S/C13H12F3NO3/c1-2-20-12(19)11(18)9-6-17-10-4-3-7(5-8(9)10)13(14,15)16/h3-6,11,17-18H,2H2,1H3. The summed E-state index contributed by atoms with van der Waals surface area (Å²) in [5.74, 6) is -0.897. The van der Waals surface area contributed by atoms with Gasteiger partial charge in [-0.1, -0.05) is 0 Å². The van der Waals surface area contributed by atoms with Gasteiger partial charge < -0.3 is 14.8 Å². The number of esters is 1. The Kier molecular flexibility index (Phi) is 3.71. The molecule has 7 heteroatoms. The fourth-order valence-electron chi connectivity index (χ4n) is 1.89. The number of aromatic amines is 1. The van der Waals surface area contributed by atoms with Gasteiger partial charge in [-0.25, -0.2) is 4.79 Å². The van der Waals surface area contributed by atoms with Gasteiger partial charge in [-0.2, -0.15) is 13.2 Å². The minimum Gasteiger partial charge on any atom is -0.464 e. The third-order valence-corrected chi connectivity index (χ3v) is 2.85. The van der Waals surface area contributed by atoms with Crippen LogP contribution in [0.3, 0.4) is 0 Å². The smallest absolute Gasteiger partial charge is 0.416 e. The number of carbonyl (C=O) groups is 1. The van der Waals surface area contributed by atoms with Crippen LogP contribution in [0.5, 0.6) is 0 Å². The minimum atomic E-state index is -4.49. The van der Waals surface area contributed by atoms with Crippen molar-refractivity contribution in [1.29, 1.82) is 0 Å². The molecule has 0 aliphatic heterocycles. The number of aliphatic hydroxyl groups excluding tert-OH is 1. The average molecular weight is 287 g/mol. The van der Waals surface area contributed by atoms with Gasteiger partial charge in [0.1, 0.15) is 0 Å². The number of fused-ring (bicyclic) bond motifs is 1. The lowest BCUT2D eigenvalue weighted by Gasteiger charge is -2.10. The summed E-state index contributed by atoms with van der Waals surface area (Å²) in [6, 6.07) is 3.07. The molecule has 108 valence electrons. The van der Waals surface area contributed by atoms with Gasteiger partial charge >= 0.3 is 12.1 Å². The van der Waals surface area contributed by atoms with Crippen molar-refractivity contribution >= 4 is 16.9 Å². The van der Waals surface area contributed by atoms with E-state index >= 15 is 0 Å². The van der Waals surface area contributed by atoms with E-state index in [-0.39, 0.29) is 17.6 Å². The van der Waals surface area contributed by atoms with E-state index < -0.39 is 23.8 Å². The Morgan fingerprint density at radius 1 is 1.45 bits per heavy atom. The zero-order valence-corrected chi connectivity index (χ0v) is 10.5. The number of halogens is 3. The van der Waals surface area contributed by atoms with Gasteiger partial charge in [0, 0.05) is 22.7 Å². The molecule has 0 amide bonds. The van der Waals surface area contributed by atoms with E-state index in [1.807, 2.05) is 0 Å². The number of alkyl halides is 3. The van der Waals surface area contributed by atoms with Crippen LogP contribution in [-0.2, 0) is 15.7 Å². The maximum Gasteiger partial charge on any atom is 0.416 e. The topological polar surface area (TPSA) is 62.3 Å². The van der Waals surface area contributed by atoms with Crippen LogP contribution in [0.25, 0.3) is 10.9 Å². The normalized spacial score (nSPS) is 13.4. The Morgan fingerprint density at radius 3 is 2.75 bits per heavy atom. The Bertz CT molecular complexity index is 633. The summed E-state index contributed by atoms with van der Waals surface area (Å²) in [6.45, 7) is 1.65. The molecule has 0 saturated heterocycles. The number of hydrogen-bond acceptors (Lipinski definition) is 3. The van der Waals surface area contributed by atoms with Gasteiger partial charge in [-0.3, -0.25) is 0 Å². The highest BCUT2D eigenvalue weighted by atomic mass is 19.4. The van der Waals surface area contributed by atoms with Gasteiger partial charge in [0.25, 0.3) is 0 Å². The second-order valence-electron chi connectivity index (χ2n) is 4.16. The van der Waals surface area contributed by atoms with Crippen LogP contribution in [0.4, 0.5) is 13.2 Å². The lowest BCUT2D eigenvalue weighted by atomic mass is 10.1. The highest BCUT2D eigenvalue weighted by Crippen LogP contribution is 2.33. The fourth-order valence-corrected chi connectivity index (χ4v) is 1.89. The fraction of sp³-hybridized carbons (Fsp3) is 0.308. The lowest BCUT2D eigenvalue weighted by molar-refractivity contribution is -0.153. The van der Waals surface area contributed by atoms with Crippen LogP contribution in [0, 0.1) is 0 Å². The van der Waals surface area contributed by atoms with Crippen LogP contribution in [0.1, 0.15) is 24.2 Å². The van der Waals surface area contributed by atoms with Crippen molar-refractivity contribution in [2.75, 3.05) is 6.61 Å². The molecule has 4 nitrogen and oxygen atoms in total. The number of benzene rings is 1. The van der Waals surface area contributed by atoms with Gasteiger partial charge in [0.05, 0.1) is 12.2 Å². The second kappa shape index (κ2) is 5.16. The zero-order valence-electron chi connectivity index (χ0n) is 10.5. The molecule has 0 spiro atoms. The molecule has 0 aliphatic carbocycles. The molecule has 2 aromatic rings. The molecule has 20 heavy (non-hydrogen) atoms. The van der Waals surface area contributed by atoms with E-state index in [2.05, 4.69) is 9.72 Å². The number of H-pyrrole nitrogens is 1. The predicted octanol–water partition coefficient (Wildman–Crippen LogP) is 2.78. The van der Waals surface area contributed by atoms with Crippen molar-refractivity contribution in [1.82, 2.24) is 4.98 Å². The van der Waals surface area contributed by atoms with Crippen LogP contribution >= 0.6 is 0 Å². The molecule has 0 bridgehead atoms. The molecular formula is C13H12F3NO3. The summed E-state index contributed by atoms with van der Waals surface area (Å²) < 4.78 is 42.7. The number of ether oxygens (including phenoxy) is 1. The molecule has 1 unspecified atom stereocenters. The molecule has 1 atom stereocenters. The summed E-state index contributed by atoms with van der Waals surface area (Å²) in [5.41, 5.74) is -0.386. The van der Waals surface area contributed by atoms with Crippen molar-refractivity contribution < 1.29 is 27.8 Å². The maximum absolute atomic E-state index is 12.7. The van der Waals surface area contributed by atoms with E-state index in [4.69, 9.17) is 0 Å². The molecular weight excluding hydrogens is 275 g/mol. The van der Waals surface area contributed by atoms with E-state index in [0.29, 0.717) is 5.52 Å². The van der Waals surface area contributed by atoms with Crippen LogP contribution in [0.2, 0.25) is 0 Å². The first kappa shape index (κ1) is 14.4. The van der Waals surface area contributed by atoms with Crippen molar-refractivity contribution in [2.24, 2.45) is 0 Å². The first-order valence-corrected chi connectivity index (χ1v) is 5.87. The monoisotopic (exact) mass is 287 g/mol. The van der Waals surface area contributed by atoms with Gasteiger partial charge in [-0.15, -0.1) is 0 Å². The quantitative estimate of drug-likeness (QED) is 0.853. The number of rotatable bonds is 3. The van der Waals surface area contributed by atoms with E-state index in [1.165, 1.54) is 12.3 Å². The molecule has 0 aliphatic rings. The molecule has 0 fully saturated rings. The third kappa shape index (κ3) is 2.62. The molecule has 1 aromatic heterocycles. The minimum absolute atomic E-state index is 0.0598. The summed E-state index contributed by atoms with van der Waals surface area (Å²) in [4.78, 5) is 14.2. The zero-order chi connectivity index (χ0) is 14.9. The summed E-state index contributed by atoms with van der Waals surface area (Å²) >= 11 is 0. The van der Waals surface area contributed by atoms with E-state index in [9.17, 15) is 23.1 Å². The molecule has 2 N–H and O–H groups in total. The first-order valence-electron chi connectivity index (χ1n) is 5.87. The third-order valence-electron chi connectivity index (χ3n) is 2.85. The Hall–Kier alpha value is -2.02.